The summed E-state index contributed by atoms with van der Waals surface area (Å²) in [7, 11) is 0. The first kappa shape index (κ1) is 12.2. The highest BCUT2D eigenvalue weighted by Crippen LogP contribution is 2.09. The number of ether oxygens (including phenoxy) is 1. The zero-order chi connectivity index (χ0) is 11.1. The van der Waals surface area contributed by atoms with Crippen molar-refractivity contribution in [1.29, 1.82) is 0 Å². The van der Waals surface area contributed by atoms with Crippen molar-refractivity contribution < 1.29 is 9.53 Å². The van der Waals surface area contributed by atoms with Gasteiger partial charge in [0, 0.05) is 23.8 Å². The largest absolute Gasteiger partial charge is 0.381 e. The van der Waals surface area contributed by atoms with Crippen molar-refractivity contribution in [3.8, 4) is 0 Å². The molecule has 0 atom stereocenters. The fourth-order valence-electron chi connectivity index (χ4n) is 1.19. The summed E-state index contributed by atoms with van der Waals surface area (Å²) in [6, 6.07) is 6.84. The van der Waals surface area contributed by atoms with Gasteiger partial charge >= 0.3 is 0 Å². The van der Waals surface area contributed by atoms with Crippen LogP contribution < -0.4 is 0 Å². The van der Waals surface area contributed by atoms with E-state index in [2.05, 4.69) is 0 Å². The molecule has 15 heavy (non-hydrogen) atoms. The molecule has 0 N–H and O–H groups in total. The van der Waals surface area contributed by atoms with Crippen LogP contribution >= 0.6 is 11.6 Å². The van der Waals surface area contributed by atoms with Crippen molar-refractivity contribution in [2.75, 3.05) is 13.2 Å². The van der Waals surface area contributed by atoms with Crippen LogP contribution in [0.2, 0.25) is 5.02 Å². The van der Waals surface area contributed by atoms with E-state index in [-0.39, 0.29) is 5.78 Å². The van der Waals surface area contributed by atoms with Crippen molar-refractivity contribution in [2.45, 2.75) is 19.8 Å². The second-order valence-corrected chi connectivity index (χ2v) is 3.82. The Bertz CT molecular complexity index is 294. The quantitative estimate of drug-likeness (QED) is 0.687. The monoisotopic (exact) mass is 226 g/mol. The molecular weight excluding hydrogens is 212 g/mol. The molecule has 0 aromatic heterocycles. The second-order valence-electron chi connectivity index (χ2n) is 3.38. The molecule has 1 aromatic carbocycles. The van der Waals surface area contributed by atoms with Crippen molar-refractivity contribution in [2.24, 2.45) is 0 Å². The minimum atomic E-state index is 0.0664. The van der Waals surface area contributed by atoms with Crippen LogP contribution in [-0.2, 0) is 4.74 Å². The van der Waals surface area contributed by atoms with Crippen LogP contribution in [0.1, 0.15) is 30.1 Å². The van der Waals surface area contributed by atoms with Gasteiger partial charge in [0.1, 0.15) is 0 Å². The van der Waals surface area contributed by atoms with E-state index in [1.54, 1.807) is 24.3 Å². The predicted molar refractivity (Wildman–Crippen MR) is 61.5 cm³/mol. The molecule has 1 heterocycles. The van der Waals surface area contributed by atoms with Crippen molar-refractivity contribution >= 4 is 17.4 Å². The molecule has 2 nitrogen and oxygen atoms in total. The molecule has 1 aromatic rings. The Labute approximate surface area is 95.2 Å². The molecule has 0 amide bonds. The summed E-state index contributed by atoms with van der Waals surface area (Å²) in [4.78, 5) is 10.7. The number of carbonyl (C=O) groups is 1. The summed E-state index contributed by atoms with van der Waals surface area (Å²) in [5.74, 6) is 0.0664. The summed E-state index contributed by atoms with van der Waals surface area (Å²) < 4.78 is 4.94. The molecule has 0 saturated carbocycles. The summed E-state index contributed by atoms with van der Waals surface area (Å²) >= 11 is 5.61. The molecule has 3 heteroatoms. The summed E-state index contributed by atoms with van der Waals surface area (Å²) in [6.45, 7) is 3.53. The van der Waals surface area contributed by atoms with E-state index in [1.165, 1.54) is 19.8 Å². The van der Waals surface area contributed by atoms with Gasteiger partial charge in [0.2, 0.25) is 0 Å². The fraction of sp³-hybridized carbons (Fsp3) is 0.417. The third-order valence-electron chi connectivity index (χ3n) is 2.08. The summed E-state index contributed by atoms with van der Waals surface area (Å²) in [5.41, 5.74) is 0.699. The van der Waals surface area contributed by atoms with Crippen LogP contribution in [0.3, 0.4) is 0 Å². The van der Waals surface area contributed by atoms with Gasteiger partial charge in [-0.3, -0.25) is 4.79 Å². The molecule has 82 valence electrons. The molecule has 0 bridgehead atoms. The van der Waals surface area contributed by atoms with Gasteiger partial charge < -0.3 is 4.74 Å². The fourth-order valence-corrected chi connectivity index (χ4v) is 1.32. The van der Waals surface area contributed by atoms with Crippen LogP contribution in [0, 0.1) is 0 Å². The van der Waals surface area contributed by atoms with Crippen LogP contribution in [0.25, 0.3) is 0 Å². The van der Waals surface area contributed by atoms with Crippen LogP contribution in [0.15, 0.2) is 24.3 Å². The maximum absolute atomic E-state index is 10.7. The van der Waals surface area contributed by atoms with Gasteiger partial charge in [-0.1, -0.05) is 11.6 Å². The third kappa shape index (κ3) is 4.96. The average molecular weight is 227 g/mol. The SMILES string of the molecule is C1CCOC1.CC(=O)c1ccc(Cl)cc1. The maximum atomic E-state index is 10.7. The van der Waals surface area contributed by atoms with E-state index >= 15 is 0 Å². The molecule has 0 unspecified atom stereocenters. The number of Topliss-reactive ketones (excluding diaryl/α,β-unsaturated/α-hetero) is 1. The van der Waals surface area contributed by atoms with E-state index in [1.807, 2.05) is 0 Å². The third-order valence-corrected chi connectivity index (χ3v) is 2.33. The van der Waals surface area contributed by atoms with Gasteiger partial charge in [0.05, 0.1) is 0 Å². The van der Waals surface area contributed by atoms with Crippen LogP contribution in [0.4, 0.5) is 0 Å². The Morgan fingerprint density at radius 2 is 1.73 bits per heavy atom. The number of hydrogen-bond acceptors (Lipinski definition) is 2. The Hall–Kier alpha value is -0.860. The first-order chi connectivity index (χ1) is 7.20. The van der Waals surface area contributed by atoms with E-state index in [4.69, 9.17) is 16.3 Å². The molecule has 0 radical (unpaired) electrons. The lowest BCUT2D eigenvalue weighted by Crippen LogP contribution is -1.89. The minimum Gasteiger partial charge on any atom is -0.381 e. The van der Waals surface area contributed by atoms with E-state index in [0.717, 1.165) is 13.2 Å². The van der Waals surface area contributed by atoms with E-state index < -0.39 is 0 Å². The van der Waals surface area contributed by atoms with Gasteiger partial charge in [-0.2, -0.15) is 0 Å². The first-order valence-corrected chi connectivity index (χ1v) is 5.42. The Balaban J connectivity index is 0.000000187. The van der Waals surface area contributed by atoms with Gasteiger partial charge in [0.25, 0.3) is 0 Å². The molecule has 0 aliphatic carbocycles. The lowest BCUT2D eigenvalue weighted by atomic mass is 10.2. The number of carbonyl (C=O) groups excluding carboxylic acids is 1. The Kier molecular flexibility index (Phi) is 5.37. The Morgan fingerprint density at radius 3 is 2.07 bits per heavy atom. The molecular formula is C12H15ClO2. The predicted octanol–water partition coefficient (Wildman–Crippen LogP) is 3.34. The number of rotatable bonds is 1. The molecule has 1 saturated heterocycles. The normalized spacial score (nSPS) is 14.3. The average Bonchev–Trinajstić information content (AvgIpc) is 2.76. The van der Waals surface area contributed by atoms with Gasteiger partial charge in [-0.05, 0) is 44.0 Å². The zero-order valence-corrected chi connectivity index (χ0v) is 9.59. The maximum Gasteiger partial charge on any atom is 0.159 e. The summed E-state index contributed by atoms with van der Waals surface area (Å²) in [5, 5.41) is 0.657. The Morgan fingerprint density at radius 1 is 1.20 bits per heavy atom. The number of halogens is 1. The van der Waals surface area contributed by atoms with Crippen molar-refractivity contribution in [3.05, 3.63) is 34.9 Å². The van der Waals surface area contributed by atoms with Crippen molar-refractivity contribution in [3.63, 3.8) is 0 Å². The van der Waals surface area contributed by atoms with E-state index in [0.29, 0.717) is 10.6 Å². The second kappa shape index (κ2) is 6.59. The zero-order valence-electron chi connectivity index (χ0n) is 8.83. The molecule has 2 rings (SSSR count). The minimum absolute atomic E-state index is 0.0664. The highest BCUT2D eigenvalue weighted by Gasteiger charge is 1.96. The molecule has 1 fully saturated rings. The number of ketones is 1. The van der Waals surface area contributed by atoms with Gasteiger partial charge in [-0.15, -0.1) is 0 Å². The highest BCUT2D eigenvalue weighted by atomic mass is 35.5. The van der Waals surface area contributed by atoms with Gasteiger partial charge in [-0.25, -0.2) is 0 Å². The highest BCUT2D eigenvalue weighted by molar-refractivity contribution is 6.30. The standard InChI is InChI=1S/C8H7ClO.C4H8O/c1-6(10)7-2-4-8(9)5-3-7;1-2-4-5-3-1/h2-5H,1H3;1-4H2. The van der Waals surface area contributed by atoms with E-state index in [9.17, 15) is 4.79 Å². The number of hydrogen-bond donors (Lipinski definition) is 0. The lowest BCUT2D eigenvalue weighted by molar-refractivity contribution is 0.101. The van der Waals surface area contributed by atoms with Gasteiger partial charge in [0.15, 0.2) is 5.78 Å². The van der Waals surface area contributed by atoms with Crippen molar-refractivity contribution in [1.82, 2.24) is 0 Å². The molecule has 0 spiro atoms. The first-order valence-electron chi connectivity index (χ1n) is 5.04. The number of benzene rings is 1. The topological polar surface area (TPSA) is 26.3 Å². The van der Waals surface area contributed by atoms with Crippen LogP contribution in [0.5, 0.6) is 0 Å². The lowest BCUT2D eigenvalue weighted by Gasteiger charge is -1.92. The van der Waals surface area contributed by atoms with Crippen LogP contribution in [-0.4, -0.2) is 19.0 Å². The smallest absolute Gasteiger partial charge is 0.159 e. The molecule has 1 aliphatic heterocycles. The summed E-state index contributed by atoms with van der Waals surface area (Å²) in [6.07, 6.45) is 2.56. The molecule has 1 aliphatic rings.